The minimum absolute atomic E-state index is 0.0828. The van der Waals surface area contributed by atoms with Gasteiger partial charge >= 0.3 is 0 Å². The summed E-state index contributed by atoms with van der Waals surface area (Å²) < 4.78 is 22.9. The number of carbonyl (C=O) groups is 1. The number of nitrogens with zero attached hydrogens (tertiary/aromatic N) is 1. The van der Waals surface area contributed by atoms with E-state index in [2.05, 4.69) is 15.5 Å². The molecule has 2 N–H and O–H groups in total. The van der Waals surface area contributed by atoms with Gasteiger partial charge in [-0.05, 0) is 18.2 Å². The van der Waals surface area contributed by atoms with E-state index in [1.54, 1.807) is 0 Å². The number of sulfone groups is 1. The third kappa shape index (κ3) is 3.12. The number of H-pyrrole nitrogens is 1. The standard InChI is InChI=1S/C11H10ClN3O3S/c1-19(17,18)8-2-3-9(12)10(4-8)15-11(16)7-5-13-14-6-7/h2-6H,1H3,(H,13,14)(H,15,16). The van der Waals surface area contributed by atoms with Crippen LogP contribution in [0, 0.1) is 0 Å². The summed E-state index contributed by atoms with van der Waals surface area (Å²) >= 11 is 5.92. The Labute approximate surface area is 114 Å². The second kappa shape index (κ2) is 5.02. The number of carbonyl (C=O) groups excluding carboxylic acids is 1. The van der Waals surface area contributed by atoms with Gasteiger partial charge in [0.25, 0.3) is 5.91 Å². The number of hydrogen-bond donors (Lipinski definition) is 2. The lowest BCUT2D eigenvalue weighted by Gasteiger charge is -2.07. The SMILES string of the molecule is CS(=O)(=O)c1ccc(Cl)c(NC(=O)c2cn[nH]c2)c1. The molecule has 0 saturated carbocycles. The molecular formula is C11H10ClN3O3S. The van der Waals surface area contributed by atoms with Gasteiger partial charge in [0.1, 0.15) is 0 Å². The normalized spacial score (nSPS) is 11.3. The number of aromatic nitrogens is 2. The first-order chi connectivity index (χ1) is 8.88. The molecule has 0 aliphatic heterocycles. The number of rotatable bonds is 3. The average Bonchev–Trinajstić information content (AvgIpc) is 2.84. The third-order valence-corrected chi connectivity index (χ3v) is 3.81. The lowest BCUT2D eigenvalue weighted by molar-refractivity contribution is 0.102. The minimum atomic E-state index is -3.36. The van der Waals surface area contributed by atoms with Crippen LogP contribution in [0.15, 0.2) is 35.5 Å². The Balaban J connectivity index is 2.32. The highest BCUT2D eigenvalue weighted by molar-refractivity contribution is 7.90. The van der Waals surface area contributed by atoms with Gasteiger partial charge in [-0.1, -0.05) is 11.6 Å². The summed E-state index contributed by atoms with van der Waals surface area (Å²) in [5.74, 6) is -0.429. The van der Waals surface area contributed by atoms with Crippen molar-refractivity contribution in [2.24, 2.45) is 0 Å². The molecule has 100 valence electrons. The minimum Gasteiger partial charge on any atom is -0.320 e. The van der Waals surface area contributed by atoms with Crippen LogP contribution in [0.1, 0.15) is 10.4 Å². The topological polar surface area (TPSA) is 91.9 Å². The summed E-state index contributed by atoms with van der Waals surface area (Å²) in [5.41, 5.74) is 0.552. The van der Waals surface area contributed by atoms with E-state index in [-0.39, 0.29) is 15.6 Å². The Hall–Kier alpha value is -1.86. The summed E-state index contributed by atoms with van der Waals surface area (Å²) in [5, 5.41) is 8.94. The molecule has 0 bridgehead atoms. The summed E-state index contributed by atoms with van der Waals surface area (Å²) in [6.45, 7) is 0. The largest absolute Gasteiger partial charge is 0.320 e. The maximum atomic E-state index is 11.8. The van der Waals surface area contributed by atoms with Crippen molar-refractivity contribution >= 4 is 33.0 Å². The van der Waals surface area contributed by atoms with Crippen LogP contribution in [0.5, 0.6) is 0 Å². The Bertz CT molecular complexity index is 711. The molecule has 0 aliphatic rings. The predicted molar refractivity (Wildman–Crippen MR) is 71.1 cm³/mol. The van der Waals surface area contributed by atoms with Gasteiger partial charge in [-0.15, -0.1) is 0 Å². The van der Waals surface area contributed by atoms with Crippen molar-refractivity contribution in [3.05, 3.63) is 41.2 Å². The molecule has 19 heavy (non-hydrogen) atoms. The Morgan fingerprint density at radius 2 is 2.16 bits per heavy atom. The number of anilines is 1. The second-order valence-electron chi connectivity index (χ2n) is 3.85. The summed E-state index contributed by atoms with van der Waals surface area (Å²) in [6.07, 6.45) is 3.85. The molecule has 2 aromatic rings. The van der Waals surface area contributed by atoms with E-state index in [4.69, 9.17) is 11.6 Å². The van der Waals surface area contributed by atoms with Crippen LogP contribution < -0.4 is 5.32 Å². The summed E-state index contributed by atoms with van der Waals surface area (Å²) in [6, 6.07) is 4.11. The first kappa shape index (κ1) is 13.6. The quantitative estimate of drug-likeness (QED) is 0.902. The van der Waals surface area contributed by atoms with Gasteiger partial charge in [-0.3, -0.25) is 9.89 Å². The number of benzene rings is 1. The molecule has 1 heterocycles. The van der Waals surface area contributed by atoms with E-state index < -0.39 is 15.7 Å². The molecule has 0 atom stereocenters. The van der Waals surface area contributed by atoms with Crippen LogP contribution in [0.25, 0.3) is 0 Å². The fourth-order valence-corrected chi connectivity index (χ4v) is 2.21. The smallest absolute Gasteiger partial charge is 0.258 e. The molecule has 6 nitrogen and oxygen atoms in total. The van der Waals surface area contributed by atoms with Gasteiger partial charge in [0.05, 0.1) is 27.4 Å². The zero-order chi connectivity index (χ0) is 14.0. The summed E-state index contributed by atoms with van der Waals surface area (Å²) in [4.78, 5) is 11.9. The van der Waals surface area contributed by atoms with Gasteiger partial charge in [-0.2, -0.15) is 5.10 Å². The lowest BCUT2D eigenvalue weighted by Crippen LogP contribution is -2.12. The van der Waals surface area contributed by atoms with Crippen molar-refractivity contribution in [1.29, 1.82) is 0 Å². The Kier molecular flexibility index (Phi) is 3.59. The first-order valence-corrected chi connectivity index (χ1v) is 7.44. The van der Waals surface area contributed by atoms with Crippen molar-refractivity contribution in [1.82, 2.24) is 10.2 Å². The van der Waals surface area contributed by atoms with Crippen LogP contribution in [-0.2, 0) is 9.84 Å². The predicted octanol–water partition coefficient (Wildman–Crippen LogP) is 1.72. The molecule has 2 rings (SSSR count). The van der Waals surface area contributed by atoms with Gasteiger partial charge in [-0.25, -0.2) is 8.42 Å². The highest BCUT2D eigenvalue weighted by atomic mass is 35.5. The van der Waals surface area contributed by atoms with E-state index in [0.29, 0.717) is 5.56 Å². The van der Waals surface area contributed by atoms with Crippen molar-refractivity contribution < 1.29 is 13.2 Å². The highest BCUT2D eigenvalue weighted by Gasteiger charge is 2.13. The van der Waals surface area contributed by atoms with Crippen LogP contribution in [-0.4, -0.2) is 30.8 Å². The molecule has 0 saturated heterocycles. The fraction of sp³-hybridized carbons (Fsp3) is 0.0909. The molecule has 8 heteroatoms. The van der Waals surface area contributed by atoms with Crippen molar-refractivity contribution in [3.63, 3.8) is 0 Å². The summed E-state index contributed by atoms with van der Waals surface area (Å²) in [7, 11) is -3.36. The van der Waals surface area contributed by atoms with E-state index in [9.17, 15) is 13.2 Å². The van der Waals surface area contributed by atoms with E-state index >= 15 is 0 Å². The Morgan fingerprint density at radius 1 is 1.42 bits per heavy atom. The molecule has 0 radical (unpaired) electrons. The molecule has 1 aromatic carbocycles. The number of halogens is 1. The number of aromatic amines is 1. The van der Waals surface area contributed by atoms with Gasteiger partial charge in [0.2, 0.25) is 0 Å². The molecule has 1 aromatic heterocycles. The van der Waals surface area contributed by atoms with Crippen LogP contribution in [0.4, 0.5) is 5.69 Å². The first-order valence-electron chi connectivity index (χ1n) is 5.17. The van der Waals surface area contributed by atoms with Crippen LogP contribution in [0.2, 0.25) is 5.02 Å². The molecular weight excluding hydrogens is 290 g/mol. The zero-order valence-electron chi connectivity index (χ0n) is 9.84. The van der Waals surface area contributed by atoms with Gasteiger partial charge in [0.15, 0.2) is 9.84 Å². The maximum Gasteiger partial charge on any atom is 0.258 e. The Morgan fingerprint density at radius 3 is 2.74 bits per heavy atom. The monoisotopic (exact) mass is 299 g/mol. The second-order valence-corrected chi connectivity index (χ2v) is 6.28. The average molecular weight is 300 g/mol. The number of hydrogen-bond acceptors (Lipinski definition) is 4. The van der Waals surface area contributed by atoms with E-state index in [1.165, 1.54) is 30.6 Å². The lowest BCUT2D eigenvalue weighted by atomic mass is 10.3. The highest BCUT2D eigenvalue weighted by Crippen LogP contribution is 2.25. The van der Waals surface area contributed by atoms with Crippen LogP contribution >= 0.6 is 11.6 Å². The van der Waals surface area contributed by atoms with Crippen LogP contribution in [0.3, 0.4) is 0 Å². The van der Waals surface area contributed by atoms with E-state index in [1.807, 2.05) is 0 Å². The molecule has 1 amide bonds. The zero-order valence-corrected chi connectivity index (χ0v) is 11.4. The fourth-order valence-electron chi connectivity index (χ4n) is 1.40. The van der Waals surface area contributed by atoms with Crippen molar-refractivity contribution in [3.8, 4) is 0 Å². The van der Waals surface area contributed by atoms with Crippen molar-refractivity contribution in [2.45, 2.75) is 4.90 Å². The van der Waals surface area contributed by atoms with Gasteiger partial charge < -0.3 is 5.32 Å². The third-order valence-electron chi connectivity index (χ3n) is 2.37. The molecule has 0 unspecified atom stereocenters. The number of amides is 1. The molecule has 0 aliphatic carbocycles. The maximum absolute atomic E-state index is 11.8. The van der Waals surface area contributed by atoms with Crippen molar-refractivity contribution in [2.75, 3.05) is 11.6 Å². The van der Waals surface area contributed by atoms with Gasteiger partial charge in [0, 0.05) is 12.5 Å². The van der Waals surface area contributed by atoms with E-state index in [0.717, 1.165) is 6.26 Å². The number of nitrogens with one attached hydrogen (secondary N) is 2. The molecule has 0 fully saturated rings. The molecule has 0 spiro atoms.